The molecule has 2 rings (SSSR count). The van der Waals surface area contributed by atoms with Crippen LogP contribution in [0.3, 0.4) is 0 Å². The largest absolute Gasteiger partial charge is 0.344 e. The van der Waals surface area contributed by atoms with Gasteiger partial charge < -0.3 is 10.3 Å². The van der Waals surface area contributed by atoms with E-state index in [1.165, 1.54) is 23.4 Å². The summed E-state index contributed by atoms with van der Waals surface area (Å²) in [6.45, 7) is 6.90. The zero-order valence-electron chi connectivity index (χ0n) is 9.09. The molecule has 15 heavy (non-hydrogen) atoms. The van der Waals surface area contributed by atoms with Crippen LogP contribution in [0, 0.1) is 6.92 Å². The first kappa shape index (κ1) is 11.0. The Hall–Kier alpha value is -0.540. The van der Waals surface area contributed by atoms with Crippen LogP contribution < -0.4 is 5.73 Å². The molecule has 1 aliphatic carbocycles. The van der Waals surface area contributed by atoms with Crippen molar-refractivity contribution in [1.82, 2.24) is 4.57 Å². The van der Waals surface area contributed by atoms with Crippen LogP contribution in [0.15, 0.2) is 17.1 Å². The highest BCUT2D eigenvalue weighted by Crippen LogP contribution is 2.31. The second-order valence-corrected chi connectivity index (χ2v) is 5.41. The highest BCUT2D eigenvalue weighted by Gasteiger charge is 2.21. The molecule has 82 valence electrons. The topological polar surface area (TPSA) is 30.9 Å². The number of aryl methyl sites for hydroxylation is 1. The minimum absolute atomic E-state index is 0.234. The zero-order chi connectivity index (χ0) is 11.0. The van der Waals surface area contributed by atoms with Gasteiger partial charge in [0.15, 0.2) is 0 Å². The van der Waals surface area contributed by atoms with Gasteiger partial charge in [0, 0.05) is 21.9 Å². The monoisotopic (exact) mass is 268 g/mol. The van der Waals surface area contributed by atoms with E-state index in [2.05, 4.69) is 40.1 Å². The third-order valence-corrected chi connectivity index (χ3v) is 3.36. The molecule has 1 atom stereocenters. The molecule has 0 spiro atoms. The Bertz CT molecular complexity index is 393. The smallest absolute Gasteiger partial charge is 0.0535 e. The molecule has 2 N–H and O–H groups in total. The average Bonchev–Trinajstić information content (AvgIpc) is 2.45. The van der Waals surface area contributed by atoms with Gasteiger partial charge in [-0.2, -0.15) is 0 Å². The lowest BCUT2D eigenvalue weighted by Gasteiger charge is -2.21. The number of allylic oxidation sites excluding steroid dienone is 1. The third-order valence-electron chi connectivity index (χ3n) is 3.11. The number of nitrogens with two attached hydrogens (primary N) is 1. The Kier molecular flexibility index (Phi) is 3.03. The van der Waals surface area contributed by atoms with Crippen LogP contribution in [0.1, 0.15) is 35.8 Å². The van der Waals surface area contributed by atoms with Gasteiger partial charge in [-0.25, -0.2) is 0 Å². The van der Waals surface area contributed by atoms with Crippen LogP contribution in [0.2, 0.25) is 0 Å². The summed E-state index contributed by atoms with van der Waals surface area (Å²) in [5, 5.41) is 0. The molecule has 0 amide bonds. The van der Waals surface area contributed by atoms with E-state index in [0.29, 0.717) is 0 Å². The van der Waals surface area contributed by atoms with E-state index >= 15 is 0 Å². The highest BCUT2D eigenvalue weighted by atomic mass is 79.9. The van der Waals surface area contributed by atoms with Crippen molar-refractivity contribution in [3.05, 3.63) is 34.1 Å². The molecule has 2 nitrogen and oxygen atoms in total. The van der Waals surface area contributed by atoms with Crippen molar-refractivity contribution in [3.63, 3.8) is 0 Å². The van der Waals surface area contributed by atoms with Crippen LogP contribution in [-0.4, -0.2) is 4.57 Å². The number of aromatic nitrogens is 1. The molecule has 0 saturated heterocycles. The number of fused-ring (bicyclic) bond motifs is 1. The number of rotatable bonds is 2. The number of nitrogens with zero attached hydrogens (tertiary/aromatic N) is 1. The van der Waals surface area contributed by atoms with Gasteiger partial charge >= 0.3 is 0 Å². The first-order valence-corrected chi connectivity index (χ1v) is 6.16. The lowest BCUT2D eigenvalue weighted by Crippen LogP contribution is -2.18. The minimum Gasteiger partial charge on any atom is -0.344 e. The maximum atomic E-state index is 6.11. The Morgan fingerprint density at radius 3 is 3.13 bits per heavy atom. The van der Waals surface area contributed by atoms with Crippen molar-refractivity contribution in [2.24, 2.45) is 5.73 Å². The first-order valence-electron chi connectivity index (χ1n) is 5.37. The molecule has 0 saturated carbocycles. The van der Waals surface area contributed by atoms with Crippen molar-refractivity contribution in [2.45, 2.75) is 38.8 Å². The predicted octanol–water partition coefficient (Wildman–Crippen LogP) is 3.04. The summed E-state index contributed by atoms with van der Waals surface area (Å²) >= 11 is 3.43. The van der Waals surface area contributed by atoms with E-state index in [4.69, 9.17) is 5.73 Å². The van der Waals surface area contributed by atoms with Crippen LogP contribution in [0.25, 0.3) is 0 Å². The Balaban J connectivity index is 2.42. The van der Waals surface area contributed by atoms with Crippen molar-refractivity contribution in [1.29, 1.82) is 0 Å². The average molecular weight is 269 g/mol. The fourth-order valence-electron chi connectivity index (χ4n) is 2.39. The third kappa shape index (κ3) is 2.04. The van der Waals surface area contributed by atoms with E-state index in [9.17, 15) is 0 Å². The molecule has 1 heterocycles. The van der Waals surface area contributed by atoms with Crippen molar-refractivity contribution >= 4 is 15.9 Å². The number of hydrogen-bond donors (Lipinski definition) is 1. The molecule has 1 aromatic heterocycles. The zero-order valence-corrected chi connectivity index (χ0v) is 10.7. The maximum absolute atomic E-state index is 6.11. The molecule has 1 aliphatic rings. The van der Waals surface area contributed by atoms with Gasteiger partial charge in [0.1, 0.15) is 0 Å². The second-order valence-electron chi connectivity index (χ2n) is 4.29. The molecule has 0 radical (unpaired) electrons. The van der Waals surface area contributed by atoms with E-state index in [0.717, 1.165) is 23.9 Å². The maximum Gasteiger partial charge on any atom is 0.0535 e. The molecular formula is C12H17BrN2. The predicted molar refractivity (Wildman–Crippen MR) is 67.1 cm³/mol. The van der Waals surface area contributed by atoms with Crippen LogP contribution in [0.5, 0.6) is 0 Å². The van der Waals surface area contributed by atoms with Crippen LogP contribution in [0.4, 0.5) is 0 Å². The molecule has 0 fully saturated rings. The van der Waals surface area contributed by atoms with Crippen molar-refractivity contribution in [2.75, 3.05) is 0 Å². The Morgan fingerprint density at radius 1 is 1.73 bits per heavy atom. The van der Waals surface area contributed by atoms with Gasteiger partial charge in [-0.3, -0.25) is 0 Å². The van der Waals surface area contributed by atoms with E-state index in [1.54, 1.807) is 0 Å². The van der Waals surface area contributed by atoms with Gasteiger partial charge in [0.2, 0.25) is 0 Å². The normalized spacial score (nSPS) is 20.1. The molecule has 0 bridgehead atoms. The molecule has 1 aromatic rings. The number of hydrogen-bond acceptors (Lipinski definition) is 1. The van der Waals surface area contributed by atoms with Crippen LogP contribution in [-0.2, 0) is 13.0 Å². The molecule has 0 aliphatic heterocycles. The van der Waals surface area contributed by atoms with Crippen molar-refractivity contribution in [3.8, 4) is 0 Å². The summed E-state index contributed by atoms with van der Waals surface area (Å²) in [5.74, 6) is 0. The fourth-order valence-corrected chi connectivity index (χ4v) is 2.64. The highest BCUT2D eigenvalue weighted by molar-refractivity contribution is 9.11. The van der Waals surface area contributed by atoms with Gasteiger partial charge in [-0.1, -0.05) is 22.5 Å². The first-order chi connectivity index (χ1) is 7.09. The van der Waals surface area contributed by atoms with Crippen LogP contribution >= 0.6 is 15.9 Å². The quantitative estimate of drug-likeness (QED) is 0.879. The minimum atomic E-state index is 0.234. The molecule has 1 unspecified atom stereocenters. The fraction of sp³-hybridized carbons (Fsp3) is 0.500. The SMILES string of the molecule is C=C(Br)Cn1c(C)cc2c1CCCC2N. The van der Waals surface area contributed by atoms with E-state index in [-0.39, 0.29) is 6.04 Å². The van der Waals surface area contributed by atoms with Crippen molar-refractivity contribution < 1.29 is 0 Å². The van der Waals surface area contributed by atoms with E-state index < -0.39 is 0 Å². The Morgan fingerprint density at radius 2 is 2.47 bits per heavy atom. The Labute approximate surface area is 99.3 Å². The summed E-state index contributed by atoms with van der Waals surface area (Å²) < 4.78 is 3.34. The lowest BCUT2D eigenvalue weighted by atomic mass is 9.93. The van der Waals surface area contributed by atoms with Gasteiger partial charge in [-0.15, -0.1) is 0 Å². The summed E-state index contributed by atoms with van der Waals surface area (Å²) in [7, 11) is 0. The standard InChI is InChI=1S/C12H17BrN2/c1-8(13)7-15-9(2)6-10-11(14)4-3-5-12(10)15/h6,11H,1,3-5,7,14H2,2H3. The molecule has 0 aromatic carbocycles. The van der Waals surface area contributed by atoms with Gasteiger partial charge in [-0.05, 0) is 37.8 Å². The van der Waals surface area contributed by atoms with Gasteiger partial charge in [0.05, 0.1) is 6.54 Å². The number of halogens is 1. The summed E-state index contributed by atoms with van der Waals surface area (Å²) in [4.78, 5) is 0. The lowest BCUT2D eigenvalue weighted by molar-refractivity contribution is 0.547. The van der Waals surface area contributed by atoms with E-state index in [1.807, 2.05) is 0 Å². The summed E-state index contributed by atoms with van der Waals surface area (Å²) in [5.41, 5.74) is 10.2. The molecule has 3 heteroatoms. The summed E-state index contributed by atoms with van der Waals surface area (Å²) in [6, 6.07) is 2.46. The molecular weight excluding hydrogens is 252 g/mol. The summed E-state index contributed by atoms with van der Waals surface area (Å²) in [6.07, 6.45) is 3.47. The second kappa shape index (κ2) is 4.14. The van der Waals surface area contributed by atoms with Gasteiger partial charge in [0.25, 0.3) is 0 Å².